The van der Waals surface area contributed by atoms with Crippen molar-refractivity contribution in [1.82, 2.24) is 0 Å². The van der Waals surface area contributed by atoms with Crippen LogP contribution in [0.25, 0.3) is 0 Å². The lowest BCUT2D eigenvalue weighted by molar-refractivity contribution is -0.142. The van der Waals surface area contributed by atoms with Crippen molar-refractivity contribution in [2.75, 3.05) is 0 Å². The van der Waals surface area contributed by atoms with E-state index in [-0.39, 0.29) is 5.92 Å². The van der Waals surface area contributed by atoms with Crippen LogP contribution in [0.4, 0.5) is 0 Å². The number of carbonyl (C=O) groups is 1. The van der Waals surface area contributed by atoms with Crippen molar-refractivity contribution < 1.29 is 9.90 Å². The van der Waals surface area contributed by atoms with E-state index < -0.39 is 5.97 Å². The van der Waals surface area contributed by atoms with Gasteiger partial charge in [-0.15, -0.1) is 0 Å². The van der Waals surface area contributed by atoms with Crippen molar-refractivity contribution in [1.29, 1.82) is 0 Å². The van der Waals surface area contributed by atoms with Gasteiger partial charge in [-0.3, -0.25) is 4.79 Å². The van der Waals surface area contributed by atoms with Crippen LogP contribution in [0, 0.1) is 5.92 Å². The Morgan fingerprint density at radius 3 is 1.89 bits per heavy atom. The second kappa shape index (κ2) is 20.1. The summed E-state index contributed by atoms with van der Waals surface area (Å²) in [5, 5.41) is 9.07. The summed E-state index contributed by atoms with van der Waals surface area (Å²) < 4.78 is 0. The molecule has 0 heterocycles. The van der Waals surface area contributed by atoms with Gasteiger partial charge in [0.15, 0.2) is 0 Å². The van der Waals surface area contributed by atoms with Crippen LogP contribution in [0.3, 0.4) is 0 Å². The van der Waals surface area contributed by atoms with Gasteiger partial charge >= 0.3 is 5.97 Å². The van der Waals surface area contributed by atoms with Gasteiger partial charge in [0.05, 0.1) is 5.92 Å². The zero-order chi connectivity index (χ0) is 26.6. The third kappa shape index (κ3) is 19.9. The van der Waals surface area contributed by atoms with Gasteiger partial charge in [-0.2, -0.15) is 0 Å². The van der Waals surface area contributed by atoms with E-state index in [1.807, 2.05) is 0 Å². The predicted molar refractivity (Wildman–Crippen MR) is 156 cm³/mol. The largest absolute Gasteiger partial charge is 0.481 e. The van der Waals surface area contributed by atoms with Crippen LogP contribution in [0.5, 0.6) is 0 Å². The highest BCUT2D eigenvalue weighted by Gasteiger charge is 2.21. The average molecular weight is 483 g/mol. The maximum Gasteiger partial charge on any atom is 0.306 e. The van der Waals surface area contributed by atoms with Crippen molar-refractivity contribution in [2.24, 2.45) is 5.92 Å². The van der Waals surface area contributed by atoms with Crippen molar-refractivity contribution in [3.63, 3.8) is 0 Å². The van der Waals surface area contributed by atoms with Gasteiger partial charge < -0.3 is 5.11 Å². The molecule has 0 aromatic heterocycles. The first-order chi connectivity index (χ1) is 16.5. The fourth-order valence-electron chi connectivity index (χ4n) is 3.99. The fraction of sp³-hybridized carbons (Fsp3) is 0.606. The first kappa shape index (κ1) is 32.9. The summed E-state index contributed by atoms with van der Waals surface area (Å²) in [6.07, 6.45) is 24.1. The van der Waals surface area contributed by atoms with Crippen LogP contribution in [0.2, 0.25) is 0 Å². The van der Waals surface area contributed by atoms with Gasteiger partial charge in [-0.25, -0.2) is 0 Å². The molecule has 0 spiro atoms. The fourth-order valence-corrected chi connectivity index (χ4v) is 3.99. The highest BCUT2D eigenvalue weighted by Crippen LogP contribution is 2.27. The van der Waals surface area contributed by atoms with Crippen molar-refractivity contribution in [3.8, 4) is 0 Å². The van der Waals surface area contributed by atoms with Crippen molar-refractivity contribution in [2.45, 2.75) is 126 Å². The molecule has 1 atom stereocenters. The third-order valence-electron chi connectivity index (χ3n) is 6.44. The summed E-state index contributed by atoms with van der Waals surface area (Å²) in [7, 11) is 0. The number of hydrogen-bond donors (Lipinski definition) is 1. The summed E-state index contributed by atoms with van der Waals surface area (Å²) in [5.41, 5.74) is 8.44. The smallest absolute Gasteiger partial charge is 0.306 e. The summed E-state index contributed by atoms with van der Waals surface area (Å²) in [6.45, 7) is 19.2. The third-order valence-corrected chi connectivity index (χ3v) is 6.44. The van der Waals surface area contributed by atoms with Crippen LogP contribution < -0.4 is 0 Å². The quantitative estimate of drug-likeness (QED) is 0.250. The molecular formula is C33H54O2. The minimum atomic E-state index is -0.635. The van der Waals surface area contributed by atoms with Gasteiger partial charge in [-0.05, 0) is 119 Å². The zero-order valence-electron chi connectivity index (χ0n) is 24.0. The minimum absolute atomic E-state index is 0.155. The molecule has 0 bridgehead atoms. The first-order valence-electron chi connectivity index (χ1n) is 13.7. The van der Waals surface area contributed by atoms with Crippen LogP contribution >= 0.6 is 0 Å². The monoisotopic (exact) mass is 482 g/mol. The van der Waals surface area contributed by atoms with E-state index in [9.17, 15) is 4.79 Å². The number of hydrogen-bond acceptors (Lipinski definition) is 1. The Morgan fingerprint density at radius 2 is 1.40 bits per heavy atom. The molecule has 198 valence electrons. The average Bonchev–Trinajstić information content (AvgIpc) is 2.79. The Bertz CT molecular complexity index is 778. The lowest BCUT2D eigenvalue weighted by atomic mass is 9.87. The Morgan fingerprint density at radius 1 is 0.886 bits per heavy atom. The Balaban J connectivity index is 0.000000691. The molecule has 0 saturated heterocycles. The Hall–Kier alpha value is -2.09. The van der Waals surface area contributed by atoms with Crippen molar-refractivity contribution >= 4 is 5.97 Å². The van der Waals surface area contributed by atoms with E-state index in [1.165, 1.54) is 46.3 Å². The molecule has 1 unspecified atom stereocenters. The highest BCUT2D eigenvalue weighted by molar-refractivity contribution is 5.70. The molecule has 0 radical (unpaired) electrons. The molecule has 35 heavy (non-hydrogen) atoms. The Kier molecular flexibility index (Phi) is 18.9. The maximum absolute atomic E-state index is 11.0. The van der Waals surface area contributed by atoms with Crippen LogP contribution in [0.1, 0.15) is 126 Å². The first-order valence-corrected chi connectivity index (χ1v) is 13.7. The van der Waals surface area contributed by atoms with E-state index in [1.54, 1.807) is 0 Å². The summed E-state index contributed by atoms with van der Waals surface area (Å²) in [6, 6.07) is 0. The van der Waals surface area contributed by atoms with E-state index in [0.29, 0.717) is 0 Å². The SMILES string of the molecule is C=C(CC)CC/C=C(\C)CCC=C(C)C.CC(C)=CCC/C(C)=C/CCC1=CCCC(C(=O)O)C1. The second-order valence-corrected chi connectivity index (χ2v) is 10.6. The molecule has 2 heteroatoms. The molecule has 0 amide bonds. The van der Waals surface area contributed by atoms with E-state index in [2.05, 4.69) is 85.4 Å². The standard InChI is InChI=1S/C18H28O2.C15H26/c1-14(2)7-4-8-15(3)9-5-10-16-11-6-12-17(13-16)18(19)20;1-6-14(4)10-8-12-15(5)11-7-9-13(2)3/h7,9,11,17H,4-6,8,10,12-13H2,1-3H3,(H,19,20);9,12H,4,6-8,10-11H2,1-3,5H3/b15-9+;15-12+. The van der Waals surface area contributed by atoms with Gasteiger partial charge in [0.2, 0.25) is 0 Å². The summed E-state index contributed by atoms with van der Waals surface area (Å²) in [4.78, 5) is 11.0. The normalized spacial score (nSPS) is 16.0. The molecule has 1 aliphatic rings. The molecule has 1 N–H and O–H groups in total. The zero-order valence-corrected chi connectivity index (χ0v) is 24.0. The highest BCUT2D eigenvalue weighted by atomic mass is 16.4. The lowest BCUT2D eigenvalue weighted by Crippen LogP contribution is -2.16. The Labute approximate surface area is 217 Å². The van der Waals surface area contributed by atoms with Gasteiger partial charge in [-0.1, -0.05) is 77.3 Å². The predicted octanol–water partition coefficient (Wildman–Crippen LogP) is 10.7. The van der Waals surface area contributed by atoms with Gasteiger partial charge in [0.25, 0.3) is 0 Å². The molecular weight excluding hydrogens is 428 g/mol. The molecule has 1 rings (SSSR count). The van der Waals surface area contributed by atoms with Gasteiger partial charge in [0, 0.05) is 0 Å². The number of carboxylic acid groups (broad SMARTS) is 1. The molecule has 1 aliphatic carbocycles. The van der Waals surface area contributed by atoms with E-state index >= 15 is 0 Å². The topological polar surface area (TPSA) is 37.3 Å². The second-order valence-electron chi connectivity index (χ2n) is 10.6. The van der Waals surface area contributed by atoms with E-state index in [0.717, 1.165) is 64.2 Å². The van der Waals surface area contributed by atoms with Crippen LogP contribution in [0.15, 0.2) is 70.4 Å². The van der Waals surface area contributed by atoms with Crippen LogP contribution in [-0.2, 0) is 4.79 Å². The summed E-state index contributed by atoms with van der Waals surface area (Å²) in [5.74, 6) is -0.790. The van der Waals surface area contributed by atoms with Crippen LogP contribution in [-0.4, -0.2) is 11.1 Å². The van der Waals surface area contributed by atoms with Gasteiger partial charge in [0.1, 0.15) is 0 Å². The molecule has 0 aromatic carbocycles. The number of rotatable bonds is 14. The molecule has 0 aliphatic heterocycles. The lowest BCUT2D eigenvalue weighted by Gasteiger charge is -2.18. The molecule has 0 fully saturated rings. The summed E-state index contributed by atoms with van der Waals surface area (Å²) >= 11 is 0. The molecule has 0 aromatic rings. The molecule has 0 saturated carbocycles. The number of allylic oxidation sites excluding steroid dienone is 11. The number of carboxylic acids is 1. The van der Waals surface area contributed by atoms with Crippen molar-refractivity contribution in [3.05, 3.63) is 70.4 Å². The van der Waals surface area contributed by atoms with E-state index in [4.69, 9.17) is 5.11 Å². The number of aliphatic carboxylic acids is 1. The molecule has 2 nitrogen and oxygen atoms in total. The maximum atomic E-state index is 11.0. The minimum Gasteiger partial charge on any atom is -0.481 e.